The minimum Gasteiger partial charge on any atom is -0.406 e. The highest BCUT2D eigenvalue weighted by Gasteiger charge is 2.32. The van der Waals surface area contributed by atoms with Gasteiger partial charge in [0.25, 0.3) is 0 Å². The van der Waals surface area contributed by atoms with Gasteiger partial charge in [-0.1, -0.05) is 67.9 Å². The molecule has 0 unspecified atom stereocenters. The van der Waals surface area contributed by atoms with Crippen LogP contribution in [0.15, 0.2) is 78.0 Å². The van der Waals surface area contributed by atoms with Crippen LogP contribution < -0.4 is 9.64 Å². The third-order valence-electron chi connectivity index (χ3n) is 7.40. The quantitative estimate of drug-likeness (QED) is 0.153. The maximum Gasteiger partial charge on any atom is 0.573 e. The highest BCUT2D eigenvalue weighted by Crippen LogP contribution is 2.34. The predicted molar refractivity (Wildman–Crippen MR) is 173 cm³/mol. The molecule has 1 fully saturated rings. The SMILES string of the molecule is Cc1ccc(N2C(=O)CSC2=NC(=O)CCCCCc2cccc(-c3ncn(-c4ccc(OC(F)(F)F)cc4)n3)c2)c(C(C)C)c1. The van der Waals surface area contributed by atoms with E-state index in [0.29, 0.717) is 29.5 Å². The van der Waals surface area contributed by atoms with E-state index in [1.807, 2.05) is 43.3 Å². The molecule has 0 atom stereocenters. The van der Waals surface area contributed by atoms with Crippen LogP contribution in [0.1, 0.15) is 62.1 Å². The average Bonchev–Trinajstić information content (AvgIpc) is 3.64. The molecule has 12 heteroatoms. The van der Waals surface area contributed by atoms with Crippen LogP contribution in [0.25, 0.3) is 17.1 Å². The van der Waals surface area contributed by atoms with E-state index in [9.17, 15) is 22.8 Å². The number of amidine groups is 1. The number of carbonyl (C=O) groups is 2. The molecule has 0 radical (unpaired) electrons. The van der Waals surface area contributed by atoms with Crippen molar-refractivity contribution in [1.29, 1.82) is 0 Å². The number of aryl methyl sites for hydroxylation is 2. The van der Waals surface area contributed by atoms with E-state index in [-0.39, 0.29) is 29.2 Å². The maximum absolute atomic E-state index is 12.8. The van der Waals surface area contributed by atoms with Crippen molar-refractivity contribution in [1.82, 2.24) is 14.8 Å². The fraction of sp³-hybridized carbons (Fsp3) is 0.324. The van der Waals surface area contributed by atoms with Gasteiger partial charge in [-0.05, 0) is 79.6 Å². The van der Waals surface area contributed by atoms with Crippen LogP contribution in [-0.4, -0.2) is 43.9 Å². The second-order valence-electron chi connectivity index (χ2n) is 11.3. The first-order valence-electron chi connectivity index (χ1n) is 15.0. The highest BCUT2D eigenvalue weighted by atomic mass is 32.2. The number of carbonyl (C=O) groups excluding carboxylic acids is 2. The second kappa shape index (κ2) is 14.3. The van der Waals surface area contributed by atoms with Gasteiger partial charge in [0.05, 0.1) is 17.1 Å². The first kappa shape index (κ1) is 32.9. The predicted octanol–water partition coefficient (Wildman–Crippen LogP) is 8.03. The summed E-state index contributed by atoms with van der Waals surface area (Å²) in [6.07, 6.45) is 0.275. The number of benzene rings is 3. The molecule has 5 rings (SSSR count). The summed E-state index contributed by atoms with van der Waals surface area (Å²) in [6, 6.07) is 19.2. The lowest BCUT2D eigenvalue weighted by molar-refractivity contribution is -0.274. The van der Waals surface area contributed by atoms with Crippen LogP contribution in [0, 0.1) is 6.92 Å². The number of anilines is 1. The summed E-state index contributed by atoms with van der Waals surface area (Å²) >= 11 is 1.30. The lowest BCUT2D eigenvalue weighted by atomic mass is 9.98. The van der Waals surface area contributed by atoms with Gasteiger partial charge in [-0.25, -0.2) is 9.67 Å². The fourth-order valence-corrected chi connectivity index (χ4v) is 6.03. The third kappa shape index (κ3) is 8.42. The van der Waals surface area contributed by atoms with Gasteiger partial charge in [0.1, 0.15) is 12.1 Å². The van der Waals surface area contributed by atoms with E-state index in [2.05, 4.69) is 39.7 Å². The summed E-state index contributed by atoms with van der Waals surface area (Å²) in [5.74, 6) is 0.365. The molecule has 0 aliphatic carbocycles. The minimum absolute atomic E-state index is 0.0693. The zero-order chi connectivity index (χ0) is 32.8. The first-order valence-corrected chi connectivity index (χ1v) is 16.0. The van der Waals surface area contributed by atoms with Gasteiger partial charge in [0.2, 0.25) is 11.8 Å². The molecule has 2 amide bonds. The van der Waals surface area contributed by atoms with E-state index in [4.69, 9.17) is 0 Å². The Labute approximate surface area is 269 Å². The van der Waals surface area contributed by atoms with Crippen molar-refractivity contribution < 1.29 is 27.5 Å². The Morgan fingerprint density at radius 2 is 1.83 bits per heavy atom. The second-order valence-corrected chi connectivity index (χ2v) is 12.3. The number of hydrogen-bond acceptors (Lipinski definition) is 6. The molecule has 8 nitrogen and oxygen atoms in total. The molecule has 1 aliphatic heterocycles. The van der Waals surface area contributed by atoms with Gasteiger partial charge in [-0.15, -0.1) is 18.3 Å². The Balaban J connectivity index is 1.12. The van der Waals surface area contributed by atoms with Crippen molar-refractivity contribution in [2.75, 3.05) is 10.7 Å². The monoisotopic (exact) mass is 649 g/mol. The van der Waals surface area contributed by atoms with Gasteiger partial charge in [0, 0.05) is 12.0 Å². The Kier molecular flexibility index (Phi) is 10.3. The number of aromatic nitrogens is 3. The molecule has 0 saturated carbocycles. The number of thioether (sulfide) groups is 1. The molecule has 0 bridgehead atoms. The van der Waals surface area contributed by atoms with Gasteiger partial charge >= 0.3 is 6.36 Å². The normalized spacial score (nSPS) is 14.5. The Morgan fingerprint density at radius 3 is 2.57 bits per heavy atom. The van der Waals surface area contributed by atoms with Crippen LogP contribution in [0.2, 0.25) is 0 Å². The summed E-state index contributed by atoms with van der Waals surface area (Å²) in [6.45, 7) is 6.19. The number of halogens is 3. The van der Waals surface area contributed by atoms with E-state index >= 15 is 0 Å². The summed E-state index contributed by atoms with van der Waals surface area (Å²) in [5.41, 5.74) is 5.43. The first-order chi connectivity index (χ1) is 22.0. The summed E-state index contributed by atoms with van der Waals surface area (Å²) in [4.78, 5) is 35.8. The van der Waals surface area contributed by atoms with E-state index in [1.54, 1.807) is 4.90 Å². The summed E-state index contributed by atoms with van der Waals surface area (Å²) in [5, 5.41) is 4.93. The van der Waals surface area contributed by atoms with E-state index < -0.39 is 6.36 Å². The lowest BCUT2D eigenvalue weighted by Gasteiger charge is -2.22. The Hall–Kier alpha value is -4.45. The number of unbranched alkanes of at least 4 members (excludes halogenated alkanes) is 2. The Morgan fingerprint density at radius 1 is 1.04 bits per heavy atom. The third-order valence-corrected chi connectivity index (χ3v) is 8.32. The number of hydrogen-bond donors (Lipinski definition) is 0. The van der Waals surface area contributed by atoms with E-state index in [1.165, 1.54) is 47.0 Å². The van der Waals surface area contributed by atoms with Crippen molar-refractivity contribution in [3.8, 4) is 22.8 Å². The van der Waals surface area contributed by atoms with Crippen LogP contribution in [0.3, 0.4) is 0 Å². The van der Waals surface area contributed by atoms with Crippen molar-refractivity contribution in [2.45, 2.75) is 65.2 Å². The van der Waals surface area contributed by atoms with Crippen LogP contribution in [0.5, 0.6) is 5.75 Å². The van der Waals surface area contributed by atoms with Crippen molar-refractivity contribution >= 4 is 34.4 Å². The molecule has 1 aromatic heterocycles. The zero-order valence-electron chi connectivity index (χ0n) is 25.8. The topological polar surface area (TPSA) is 89.7 Å². The largest absolute Gasteiger partial charge is 0.573 e. The van der Waals surface area contributed by atoms with Gasteiger partial charge < -0.3 is 4.74 Å². The zero-order valence-corrected chi connectivity index (χ0v) is 26.6. The molecule has 0 N–H and O–H groups in total. The van der Waals surface area contributed by atoms with Crippen LogP contribution in [-0.2, 0) is 16.0 Å². The minimum atomic E-state index is -4.75. The average molecular weight is 650 g/mol. The van der Waals surface area contributed by atoms with Crippen molar-refractivity contribution in [3.05, 3.63) is 89.7 Å². The molecular weight excluding hydrogens is 615 g/mol. The molecule has 4 aromatic rings. The summed E-state index contributed by atoms with van der Waals surface area (Å²) < 4.78 is 42.7. The summed E-state index contributed by atoms with van der Waals surface area (Å²) in [7, 11) is 0. The molecular formula is C34H34F3N5O3S. The van der Waals surface area contributed by atoms with Gasteiger partial charge in [-0.3, -0.25) is 14.5 Å². The van der Waals surface area contributed by atoms with Gasteiger partial charge in [0.15, 0.2) is 11.0 Å². The molecule has 1 aliphatic rings. The van der Waals surface area contributed by atoms with Gasteiger partial charge in [-0.2, -0.15) is 4.99 Å². The molecule has 2 heterocycles. The highest BCUT2D eigenvalue weighted by molar-refractivity contribution is 8.15. The maximum atomic E-state index is 12.8. The molecule has 1 saturated heterocycles. The number of rotatable bonds is 11. The van der Waals surface area contributed by atoms with Crippen molar-refractivity contribution in [3.63, 3.8) is 0 Å². The fourth-order valence-electron chi connectivity index (χ4n) is 5.15. The molecule has 46 heavy (non-hydrogen) atoms. The number of ether oxygens (including phenoxy) is 1. The number of nitrogens with zero attached hydrogens (tertiary/aromatic N) is 5. The Bertz CT molecular complexity index is 1730. The van der Waals surface area contributed by atoms with Crippen LogP contribution in [0.4, 0.5) is 18.9 Å². The van der Waals surface area contributed by atoms with E-state index in [0.717, 1.165) is 47.2 Å². The smallest absolute Gasteiger partial charge is 0.406 e. The standard InChI is InChI=1S/C34H34F3N5O3S/c1-22(2)28-18-23(3)12-17-29(28)42-31(44)20-46-33(42)39-30(43)11-6-4-5-8-24-9-7-10-25(19-24)32-38-21-41(40-32)26-13-15-27(16-14-26)45-34(35,36)37/h7,9-10,12-19,21-22H,4-6,8,11,20H2,1-3H3. The molecule has 240 valence electrons. The number of alkyl halides is 3. The number of amides is 2. The molecule has 0 spiro atoms. The van der Waals surface area contributed by atoms with Crippen LogP contribution >= 0.6 is 11.8 Å². The number of aliphatic imine (C=N–C) groups is 1. The lowest BCUT2D eigenvalue weighted by Crippen LogP contribution is -2.31. The van der Waals surface area contributed by atoms with Crippen molar-refractivity contribution in [2.24, 2.45) is 4.99 Å². The molecule has 3 aromatic carbocycles.